The minimum Gasteiger partial charge on any atom is -0.309 e. The summed E-state index contributed by atoms with van der Waals surface area (Å²) < 4.78 is 0. The first-order valence-corrected chi connectivity index (χ1v) is 9.19. The summed E-state index contributed by atoms with van der Waals surface area (Å²) in [7, 11) is 0. The summed E-state index contributed by atoms with van der Waals surface area (Å²) in [5, 5.41) is 3.89. The molecule has 3 fully saturated rings. The Kier molecular flexibility index (Phi) is 4.72. The minimum atomic E-state index is 0.356. The number of hydrogen-bond acceptors (Lipinski definition) is 2. The Bertz CT molecular complexity index is 307. The van der Waals surface area contributed by atoms with Crippen molar-refractivity contribution >= 4 is 0 Å². The van der Waals surface area contributed by atoms with Gasteiger partial charge in [0.1, 0.15) is 0 Å². The lowest BCUT2D eigenvalue weighted by atomic mass is 9.78. The highest BCUT2D eigenvalue weighted by Crippen LogP contribution is 2.35. The summed E-state index contributed by atoms with van der Waals surface area (Å²) in [6, 6.07) is 0.829. The second-order valence-corrected chi connectivity index (χ2v) is 7.99. The monoisotopic (exact) mass is 278 g/mol. The lowest BCUT2D eigenvalue weighted by molar-refractivity contribution is 0.0194. The number of hydrogen-bond donors (Lipinski definition) is 1. The zero-order chi connectivity index (χ0) is 14.0. The number of nitrogens with zero attached hydrogens (tertiary/aromatic N) is 1. The van der Waals surface area contributed by atoms with E-state index in [0.29, 0.717) is 5.54 Å². The van der Waals surface area contributed by atoms with Crippen LogP contribution in [0.2, 0.25) is 0 Å². The van der Waals surface area contributed by atoms with Gasteiger partial charge < -0.3 is 5.32 Å². The van der Waals surface area contributed by atoms with Crippen LogP contribution in [0.25, 0.3) is 0 Å². The molecule has 2 atom stereocenters. The number of piperazine rings is 1. The van der Waals surface area contributed by atoms with E-state index in [0.717, 1.165) is 17.9 Å². The van der Waals surface area contributed by atoms with Crippen molar-refractivity contribution in [3.8, 4) is 0 Å². The van der Waals surface area contributed by atoms with E-state index >= 15 is 0 Å². The van der Waals surface area contributed by atoms with E-state index < -0.39 is 0 Å². The van der Waals surface area contributed by atoms with Crippen LogP contribution in [0.3, 0.4) is 0 Å². The van der Waals surface area contributed by atoms with Crippen LogP contribution in [0.5, 0.6) is 0 Å². The Hall–Kier alpha value is -0.0800. The molecule has 3 aliphatic rings. The van der Waals surface area contributed by atoms with Crippen molar-refractivity contribution < 1.29 is 0 Å². The molecule has 3 rings (SSSR count). The quantitative estimate of drug-likeness (QED) is 0.841. The van der Waals surface area contributed by atoms with E-state index in [-0.39, 0.29) is 0 Å². The van der Waals surface area contributed by atoms with Gasteiger partial charge in [-0.1, -0.05) is 32.6 Å². The van der Waals surface area contributed by atoms with Crippen LogP contribution >= 0.6 is 0 Å². The van der Waals surface area contributed by atoms with E-state index in [9.17, 15) is 0 Å². The van der Waals surface area contributed by atoms with E-state index in [1.807, 2.05) is 0 Å². The maximum Gasteiger partial charge on any atom is 0.0278 e. The molecular formula is C18H34N2. The van der Waals surface area contributed by atoms with E-state index in [2.05, 4.69) is 24.1 Å². The Labute approximate surface area is 125 Å². The molecule has 0 aromatic carbocycles. The van der Waals surface area contributed by atoms with Crippen LogP contribution in [-0.2, 0) is 0 Å². The van der Waals surface area contributed by atoms with Crippen molar-refractivity contribution in [3.63, 3.8) is 0 Å². The van der Waals surface area contributed by atoms with E-state index in [1.165, 1.54) is 77.4 Å². The van der Waals surface area contributed by atoms with Crippen molar-refractivity contribution in [3.05, 3.63) is 0 Å². The predicted molar refractivity (Wildman–Crippen MR) is 86.0 cm³/mol. The highest BCUT2D eigenvalue weighted by molar-refractivity contribution is 4.98. The summed E-state index contributed by atoms with van der Waals surface area (Å²) in [5.74, 6) is 1.98. The lowest BCUT2D eigenvalue weighted by Gasteiger charge is -2.51. The summed E-state index contributed by atoms with van der Waals surface area (Å²) in [6.45, 7) is 8.68. The van der Waals surface area contributed by atoms with Gasteiger partial charge in [-0.05, 0) is 50.9 Å². The highest BCUT2D eigenvalue weighted by atomic mass is 15.3. The number of nitrogens with one attached hydrogen (secondary N) is 1. The van der Waals surface area contributed by atoms with Gasteiger partial charge in [0.05, 0.1) is 0 Å². The Morgan fingerprint density at radius 3 is 2.40 bits per heavy atom. The Balaban J connectivity index is 1.65. The van der Waals surface area contributed by atoms with Crippen LogP contribution < -0.4 is 5.32 Å². The molecule has 116 valence electrons. The van der Waals surface area contributed by atoms with Crippen LogP contribution in [0.4, 0.5) is 0 Å². The SMILES string of the molecule is CCC1(C)CN(CC2CCC2)C(C2CCCCC2)CN1. The van der Waals surface area contributed by atoms with Gasteiger partial charge in [0.25, 0.3) is 0 Å². The molecule has 2 unspecified atom stereocenters. The molecule has 1 N–H and O–H groups in total. The normalized spacial score (nSPS) is 37.8. The molecule has 0 bridgehead atoms. The summed E-state index contributed by atoms with van der Waals surface area (Å²) in [4.78, 5) is 2.90. The number of rotatable bonds is 4. The smallest absolute Gasteiger partial charge is 0.0278 e. The van der Waals surface area contributed by atoms with Gasteiger partial charge in [0.2, 0.25) is 0 Å². The minimum absolute atomic E-state index is 0.356. The summed E-state index contributed by atoms with van der Waals surface area (Å²) in [5.41, 5.74) is 0.356. The summed E-state index contributed by atoms with van der Waals surface area (Å²) in [6.07, 6.45) is 13.1. The van der Waals surface area contributed by atoms with Gasteiger partial charge in [-0.15, -0.1) is 0 Å². The third-order valence-electron chi connectivity index (χ3n) is 6.45. The van der Waals surface area contributed by atoms with Gasteiger partial charge in [0, 0.05) is 31.2 Å². The molecule has 1 heterocycles. The standard InChI is InChI=1S/C18H34N2/c1-3-18(2)14-20(13-15-8-7-9-15)17(12-19-18)16-10-5-4-6-11-16/h15-17,19H,3-14H2,1-2H3. The molecule has 2 aliphatic carbocycles. The maximum atomic E-state index is 3.89. The highest BCUT2D eigenvalue weighted by Gasteiger charge is 2.39. The van der Waals surface area contributed by atoms with Gasteiger partial charge in [-0.25, -0.2) is 0 Å². The van der Waals surface area contributed by atoms with Crippen molar-refractivity contribution in [1.29, 1.82) is 0 Å². The van der Waals surface area contributed by atoms with Crippen LogP contribution in [0.15, 0.2) is 0 Å². The zero-order valence-electron chi connectivity index (χ0n) is 13.7. The molecular weight excluding hydrogens is 244 g/mol. The van der Waals surface area contributed by atoms with Crippen molar-refractivity contribution in [2.24, 2.45) is 11.8 Å². The lowest BCUT2D eigenvalue weighted by Crippen LogP contribution is -2.65. The fourth-order valence-corrected chi connectivity index (χ4v) is 4.53. The van der Waals surface area contributed by atoms with Gasteiger partial charge in [-0.2, -0.15) is 0 Å². The third kappa shape index (κ3) is 3.22. The zero-order valence-corrected chi connectivity index (χ0v) is 13.7. The second kappa shape index (κ2) is 6.36. The average molecular weight is 278 g/mol. The average Bonchev–Trinajstić information content (AvgIpc) is 2.44. The molecule has 1 aliphatic heterocycles. The van der Waals surface area contributed by atoms with Crippen LogP contribution in [0.1, 0.15) is 71.6 Å². The molecule has 0 radical (unpaired) electrons. The second-order valence-electron chi connectivity index (χ2n) is 7.99. The van der Waals surface area contributed by atoms with Gasteiger partial charge in [0.15, 0.2) is 0 Å². The third-order valence-corrected chi connectivity index (χ3v) is 6.45. The predicted octanol–water partition coefficient (Wildman–Crippen LogP) is 3.81. The van der Waals surface area contributed by atoms with Crippen molar-refractivity contribution in [1.82, 2.24) is 10.2 Å². The molecule has 20 heavy (non-hydrogen) atoms. The van der Waals surface area contributed by atoms with Crippen LogP contribution in [-0.4, -0.2) is 36.1 Å². The molecule has 2 nitrogen and oxygen atoms in total. The van der Waals surface area contributed by atoms with E-state index in [1.54, 1.807) is 0 Å². The van der Waals surface area contributed by atoms with Crippen molar-refractivity contribution in [2.45, 2.75) is 83.2 Å². The van der Waals surface area contributed by atoms with Gasteiger partial charge in [-0.3, -0.25) is 4.90 Å². The van der Waals surface area contributed by atoms with E-state index in [4.69, 9.17) is 0 Å². The molecule has 2 heteroatoms. The first-order chi connectivity index (χ1) is 9.70. The molecule has 0 aromatic heterocycles. The Morgan fingerprint density at radius 1 is 1.05 bits per heavy atom. The maximum absolute atomic E-state index is 3.89. The first kappa shape index (κ1) is 14.8. The molecule has 0 amide bonds. The first-order valence-electron chi connectivity index (χ1n) is 9.19. The fourth-order valence-electron chi connectivity index (χ4n) is 4.53. The van der Waals surface area contributed by atoms with Crippen LogP contribution in [0, 0.1) is 11.8 Å². The topological polar surface area (TPSA) is 15.3 Å². The molecule has 0 aromatic rings. The summed E-state index contributed by atoms with van der Waals surface area (Å²) >= 11 is 0. The molecule has 0 spiro atoms. The molecule has 2 saturated carbocycles. The molecule has 1 saturated heterocycles. The largest absolute Gasteiger partial charge is 0.309 e. The van der Waals surface area contributed by atoms with Gasteiger partial charge >= 0.3 is 0 Å². The fraction of sp³-hybridized carbons (Fsp3) is 1.00. The van der Waals surface area contributed by atoms with Crippen molar-refractivity contribution in [2.75, 3.05) is 19.6 Å². The Morgan fingerprint density at radius 2 is 1.80 bits per heavy atom.